The van der Waals surface area contributed by atoms with Gasteiger partial charge in [-0.3, -0.25) is 4.79 Å². The molecule has 1 unspecified atom stereocenters. The van der Waals surface area contributed by atoms with E-state index in [1.165, 1.54) is 17.5 Å². The standard InChI is InChI=1S/C16H18N4O/c1-13(20-12-17-11-18-20)16(21)19-9-7-15(8-10-19)14-5-3-2-4-6-14/h2-7,11-13H,8-10H2,1H3. The van der Waals surface area contributed by atoms with Gasteiger partial charge >= 0.3 is 0 Å². The Labute approximate surface area is 123 Å². The van der Waals surface area contributed by atoms with Gasteiger partial charge in [0.15, 0.2) is 0 Å². The molecule has 5 heteroatoms. The molecule has 1 aliphatic rings. The lowest BCUT2D eigenvalue weighted by Crippen LogP contribution is -2.39. The van der Waals surface area contributed by atoms with Crippen molar-refractivity contribution < 1.29 is 4.79 Å². The van der Waals surface area contributed by atoms with Crippen LogP contribution in [0.15, 0.2) is 49.1 Å². The second kappa shape index (κ2) is 5.91. The van der Waals surface area contributed by atoms with Gasteiger partial charge in [0.2, 0.25) is 5.91 Å². The van der Waals surface area contributed by atoms with E-state index in [0.29, 0.717) is 6.54 Å². The number of hydrogen-bond donors (Lipinski definition) is 0. The van der Waals surface area contributed by atoms with Gasteiger partial charge < -0.3 is 4.90 Å². The Morgan fingerprint density at radius 3 is 2.71 bits per heavy atom. The van der Waals surface area contributed by atoms with Gasteiger partial charge in [-0.1, -0.05) is 36.4 Å². The van der Waals surface area contributed by atoms with E-state index >= 15 is 0 Å². The first kappa shape index (κ1) is 13.5. The molecule has 5 nitrogen and oxygen atoms in total. The average molecular weight is 282 g/mol. The monoisotopic (exact) mass is 282 g/mol. The van der Waals surface area contributed by atoms with Crippen molar-refractivity contribution in [3.8, 4) is 0 Å². The van der Waals surface area contributed by atoms with Crippen molar-refractivity contribution in [2.45, 2.75) is 19.4 Å². The number of benzene rings is 1. The minimum atomic E-state index is -0.306. The number of amides is 1. The van der Waals surface area contributed by atoms with Crippen LogP contribution in [0.1, 0.15) is 24.9 Å². The van der Waals surface area contributed by atoms with Crippen LogP contribution in [-0.2, 0) is 4.79 Å². The number of hydrogen-bond acceptors (Lipinski definition) is 3. The number of carbonyl (C=O) groups excluding carboxylic acids is 1. The maximum Gasteiger partial charge on any atom is 0.247 e. The second-order valence-corrected chi connectivity index (χ2v) is 5.18. The van der Waals surface area contributed by atoms with Crippen LogP contribution in [-0.4, -0.2) is 38.7 Å². The molecular formula is C16H18N4O. The average Bonchev–Trinajstić information content (AvgIpc) is 3.09. The number of rotatable bonds is 3. The van der Waals surface area contributed by atoms with Crippen molar-refractivity contribution in [1.29, 1.82) is 0 Å². The summed E-state index contributed by atoms with van der Waals surface area (Å²) < 4.78 is 1.60. The Bertz CT molecular complexity index is 634. The third kappa shape index (κ3) is 2.86. The molecular weight excluding hydrogens is 264 g/mol. The van der Waals surface area contributed by atoms with Crippen LogP contribution in [0.5, 0.6) is 0 Å². The summed E-state index contributed by atoms with van der Waals surface area (Å²) in [5.74, 6) is 0.0869. The van der Waals surface area contributed by atoms with E-state index in [2.05, 4.69) is 28.3 Å². The van der Waals surface area contributed by atoms with Gasteiger partial charge in [0, 0.05) is 13.1 Å². The minimum Gasteiger partial charge on any atom is -0.337 e. The molecule has 2 heterocycles. The zero-order valence-electron chi connectivity index (χ0n) is 12.0. The Hall–Kier alpha value is -2.43. The van der Waals surface area contributed by atoms with E-state index in [1.54, 1.807) is 11.0 Å². The molecule has 0 saturated heterocycles. The van der Waals surface area contributed by atoms with Gasteiger partial charge in [-0.15, -0.1) is 0 Å². The molecule has 1 aliphatic heterocycles. The second-order valence-electron chi connectivity index (χ2n) is 5.18. The first-order valence-corrected chi connectivity index (χ1v) is 7.13. The van der Waals surface area contributed by atoms with E-state index in [-0.39, 0.29) is 11.9 Å². The van der Waals surface area contributed by atoms with Gasteiger partial charge in [0.1, 0.15) is 18.7 Å². The van der Waals surface area contributed by atoms with Crippen molar-refractivity contribution in [2.24, 2.45) is 0 Å². The smallest absolute Gasteiger partial charge is 0.247 e. The summed E-state index contributed by atoms with van der Waals surface area (Å²) in [6.45, 7) is 3.26. The van der Waals surface area contributed by atoms with Crippen molar-refractivity contribution in [2.75, 3.05) is 13.1 Å². The van der Waals surface area contributed by atoms with Crippen molar-refractivity contribution in [3.05, 3.63) is 54.6 Å². The number of nitrogens with zero attached hydrogens (tertiary/aromatic N) is 4. The van der Waals surface area contributed by atoms with E-state index in [0.717, 1.165) is 13.0 Å². The first-order valence-electron chi connectivity index (χ1n) is 7.13. The van der Waals surface area contributed by atoms with Crippen LogP contribution in [0.4, 0.5) is 0 Å². The van der Waals surface area contributed by atoms with E-state index in [9.17, 15) is 4.79 Å². The summed E-state index contributed by atoms with van der Waals surface area (Å²) in [5.41, 5.74) is 2.56. The highest BCUT2D eigenvalue weighted by Gasteiger charge is 2.24. The summed E-state index contributed by atoms with van der Waals surface area (Å²) in [5, 5.41) is 4.04. The first-order chi connectivity index (χ1) is 10.3. The lowest BCUT2D eigenvalue weighted by atomic mass is 9.99. The van der Waals surface area contributed by atoms with Crippen LogP contribution in [0.3, 0.4) is 0 Å². The molecule has 0 aliphatic carbocycles. The van der Waals surface area contributed by atoms with Crippen LogP contribution >= 0.6 is 0 Å². The largest absolute Gasteiger partial charge is 0.337 e. The highest BCUT2D eigenvalue weighted by Crippen LogP contribution is 2.23. The molecule has 1 atom stereocenters. The van der Waals surface area contributed by atoms with E-state index in [4.69, 9.17) is 0 Å². The van der Waals surface area contributed by atoms with Gasteiger partial charge in [0.05, 0.1) is 0 Å². The van der Waals surface area contributed by atoms with Gasteiger partial charge in [-0.05, 0) is 24.5 Å². The van der Waals surface area contributed by atoms with Gasteiger partial charge in [-0.2, -0.15) is 5.10 Å². The predicted octanol–water partition coefficient (Wildman–Crippen LogP) is 2.16. The Morgan fingerprint density at radius 1 is 1.29 bits per heavy atom. The normalized spacial score (nSPS) is 16.4. The summed E-state index contributed by atoms with van der Waals surface area (Å²) in [6.07, 6.45) is 6.07. The molecule has 21 heavy (non-hydrogen) atoms. The third-order valence-electron chi connectivity index (χ3n) is 3.86. The van der Waals surface area contributed by atoms with Crippen LogP contribution in [0.25, 0.3) is 5.57 Å². The van der Waals surface area contributed by atoms with Crippen molar-refractivity contribution in [3.63, 3.8) is 0 Å². The quantitative estimate of drug-likeness (QED) is 0.866. The maximum absolute atomic E-state index is 12.4. The highest BCUT2D eigenvalue weighted by atomic mass is 16.2. The fourth-order valence-electron chi connectivity index (χ4n) is 2.58. The molecule has 1 amide bonds. The molecule has 0 spiro atoms. The Balaban J connectivity index is 1.68. The SMILES string of the molecule is CC(C(=O)N1CC=C(c2ccccc2)CC1)n1cncn1. The van der Waals surface area contributed by atoms with Gasteiger partial charge in [0.25, 0.3) is 0 Å². The highest BCUT2D eigenvalue weighted by molar-refractivity contribution is 5.81. The summed E-state index contributed by atoms with van der Waals surface area (Å²) in [7, 11) is 0. The van der Waals surface area contributed by atoms with Crippen molar-refractivity contribution >= 4 is 11.5 Å². The molecule has 0 bridgehead atoms. The van der Waals surface area contributed by atoms with Crippen molar-refractivity contribution in [1.82, 2.24) is 19.7 Å². The topological polar surface area (TPSA) is 51.0 Å². The molecule has 0 N–H and O–H groups in total. The minimum absolute atomic E-state index is 0.0869. The van der Waals surface area contributed by atoms with Crippen LogP contribution in [0, 0.1) is 0 Å². The molecule has 1 aromatic carbocycles. The maximum atomic E-state index is 12.4. The zero-order chi connectivity index (χ0) is 14.7. The zero-order valence-corrected chi connectivity index (χ0v) is 12.0. The molecule has 0 fully saturated rings. The lowest BCUT2D eigenvalue weighted by Gasteiger charge is -2.29. The fraction of sp³-hybridized carbons (Fsp3) is 0.312. The molecule has 2 aromatic rings. The predicted molar refractivity (Wildman–Crippen MR) is 80.3 cm³/mol. The molecule has 3 rings (SSSR count). The van der Waals surface area contributed by atoms with E-state index < -0.39 is 0 Å². The van der Waals surface area contributed by atoms with Gasteiger partial charge in [-0.25, -0.2) is 9.67 Å². The van der Waals surface area contributed by atoms with Crippen LogP contribution in [0.2, 0.25) is 0 Å². The van der Waals surface area contributed by atoms with E-state index in [1.807, 2.05) is 30.0 Å². The molecule has 0 saturated carbocycles. The number of aromatic nitrogens is 3. The summed E-state index contributed by atoms with van der Waals surface area (Å²) in [4.78, 5) is 18.2. The third-order valence-corrected chi connectivity index (χ3v) is 3.86. The fourth-order valence-corrected chi connectivity index (χ4v) is 2.58. The Morgan fingerprint density at radius 2 is 2.10 bits per heavy atom. The molecule has 1 aromatic heterocycles. The number of carbonyl (C=O) groups is 1. The lowest BCUT2D eigenvalue weighted by molar-refractivity contribution is -0.134. The summed E-state index contributed by atoms with van der Waals surface area (Å²) in [6, 6.07) is 10.0. The Kier molecular flexibility index (Phi) is 3.81. The molecule has 108 valence electrons. The summed E-state index contributed by atoms with van der Waals surface area (Å²) >= 11 is 0. The van der Waals surface area contributed by atoms with Crippen LogP contribution < -0.4 is 0 Å². The molecule has 0 radical (unpaired) electrons.